The molecule has 4 nitrogen and oxygen atoms in total. The van der Waals surface area contributed by atoms with Crippen LogP contribution in [0.4, 0.5) is 0 Å². The van der Waals surface area contributed by atoms with Crippen molar-refractivity contribution in [3.63, 3.8) is 0 Å². The Labute approximate surface area is 109 Å². The molecule has 2 fully saturated rings. The van der Waals surface area contributed by atoms with E-state index in [0.717, 1.165) is 19.4 Å². The van der Waals surface area contributed by atoms with Crippen LogP contribution in [0, 0.1) is 5.92 Å². The Morgan fingerprint density at radius 1 is 1.28 bits per heavy atom. The fourth-order valence-electron chi connectivity index (χ4n) is 2.83. The molecule has 0 aromatic carbocycles. The Balaban J connectivity index is 2.09. The average Bonchev–Trinajstić information content (AvgIpc) is 2.30. The van der Waals surface area contributed by atoms with Gasteiger partial charge in [0.05, 0.1) is 0 Å². The minimum Gasteiger partial charge on any atom is -0.343 e. The summed E-state index contributed by atoms with van der Waals surface area (Å²) < 4.78 is 0. The van der Waals surface area contributed by atoms with Crippen LogP contribution >= 0.6 is 0 Å². The molecule has 4 heteroatoms. The quantitative estimate of drug-likeness (QED) is 0.809. The van der Waals surface area contributed by atoms with E-state index in [-0.39, 0.29) is 23.9 Å². The summed E-state index contributed by atoms with van der Waals surface area (Å²) in [7, 11) is 0. The number of nitrogens with one attached hydrogen (secondary N) is 1. The molecule has 1 N–H and O–H groups in total. The van der Waals surface area contributed by atoms with E-state index in [1.54, 1.807) is 0 Å². The van der Waals surface area contributed by atoms with Gasteiger partial charge in [-0.05, 0) is 31.6 Å². The summed E-state index contributed by atoms with van der Waals surface area (Å²) in [5.41, 5.74) is 0. The van der Waals surface area contributed by atoms with E-state index in [9.17, 15) is 9.59 Å². The normalized spacial score (nSPS) is 29.1. The Hall–Kier alpha value is -1.06. The highest BCUT2D eigenvalue weighted by Gasteiger charge is 2.40. The molecule has 0 spiro atoms. The van der Waals surface area contributed by atoms with Crippen LogP contribution in [0.25, 0.3) is 0 Å². The summed E-state index contributed by atoms with van der Waals surface area (Å²) in [4.78, 5) is 26.3. The Kier molecular flexibility index (Phi) is 4.25. The molecule has 0 aromatic rings. The van der Waals surface area contributed by atoms with Crippen LogP contribution in [0.1, 0.15) is 52.4 Å². The number of hydrogen-bond acceptors (Lipinski definition) is 2. The average molecular weight is 252 g/mol. The maximum absolute atomic E-state index is 12.4. The van der Waals surface area contributed by atoms with Crippen LogP contribution in [0.5, 0.6) is 0 Å². The number of carbonyl (C=O) groups is 2. The molecule has 2 atom stereocenters. The predicted octanol–water partition coefficient (Wildman–Crippen LogP) is 1.69. The molecular formula is C14H24N2O2. The van der Waals surface area contributed by atoms with Crippen LogP contribution < -0.4 is 5.32 Å². The van der Waals surface area contributed by atoms with E-state index in [4.69, 9.17) is 0 Å². The first kappa shape index (κ1) is 13.4. The van der Waals surface area contributed by atoms with Gasteiger partial charge in [0.1, 0.15) is 12.1 Å². The molecule has 0 radical (unpaired) electrons. The predicted molar refractivity (Wildman–Crippen MR) is 70.0 cm³/mol. The van der Waals surface area contributed by atoms with Crippen molar-refractivity contribution in [2.24, 2.45) is 5.92 Å². The molecule has 2 unspecified atom stereocenters. The smallest absolute Gasteiger partial charge is 0.245 e. The van der Waals surface area contributed by atoms with Crippen molar-refractivity contribution in [1.82, 2.24) is 10.2 Å². The lowest BCUT2D eigenvalue weighted by atomic mass is 9.84. The second kappa shape index (κ2) is 5.72. The second-order valence-corrected chi connectivity index (χ2v) is 5.56. The van der Waals surface area contributed by atoms with Crippen LogP contribution in [-0.4, -0.2) is 35.3 Å². The fourth-order valence-corrected chi connectivity index (χ4v) is 2.83. The topological polar surface area (TPSA) is 49.4 Å². The number of rotatable bonds is 5. The fraction of sp³-hybridized carbons (Fsp3) is 0.857. The van der Waals surface area contributed by atoms with E-state index in [2.05, 4.69) is 12.2 Å². The van der Waals surface area contributed by atoms with Crippen LogP contribution in [0.15, 0.2) is 0 Å². The summed E-state index contributed by atoms with van der Waals surface area (Å²) >= 11 is 0. The SMILES string of the molecule is CCCC1C(=O)NC(CC)C(=O)N1CC1CCC1. The van der Waals surface area contributed by atoms with E-state index < -0.39 is 0 Å². The third kappa shape index (κ3) is 2.52. The Morgan fingerprint density at radius 2 is 2.00 bits per heavy atom. The number of piperazine rings is 1. The van der Waals surface area contributed by atoms with E-state index >= 15 is 0 Å². The monoisotopic (exact) mass is 252 g/mol. The summed E-state index contributed by atoms with van der Waals surface area (Å²) in [6, 6.07) is -0.531. The maximum atomic E-state index is 12.4. The Bertz CT molecular complexity index is 326. The van der Waals surface area contributed by atoms with E-state index in [1.165, 1.54) is 19.3 Å². The van der Waals surface area contributed by atoms with Crippen LogP contribution in [0.3, 0.4) is 0 Å². The van der Waals surface area contributed by atoms with Crippen LogP contribution in [0.2, 0.25) is 0 Å². The van der Waals surface area contributed by atoms with Gasteiger partial charge in [-0.25, -0.2) is 0 Å². The zero-order chi connectivity index (χ0) is 13.1. The number of nitrogens with zero attached hydrogens (tertiary/aromatic N) is 1. The number of carbonyl (C=O) groups excluding carboxylic acids is 2. The minimum atomic E-state index is -0.300. The van der Waals surface area contributed by atoms with Gasteiger partial charge in [0.25, 0.3) is 0 Å². The lowest BCUT2D eigenvalue weighted by Crippen LogP contribution is -2.64. The highest BCUT2D eigenvalue weighted by molar-refractivity contribution is 5.96. The van der Waals surface area contributed by atoms with Gasteiger partial charge in [0, 0.05) is 6.54 Å². The van der Waals surface area contributed by atoms with Gasteiger partial charge in [0.15, 0.2) is 0 Å². The molecule has 2 aliphatic rings. The van der Waals surface area contributed by atoms with Crippen molar-refractivity contribution in [2.75, 3.05) is 6.54 Å². The first-order chi connectivity index (χ1) is 8.67. The molecule has 2 rings (SSSR count). The molecule has 1 saturated carbocycles. The molecule has 1 heterocycles. The van der Waals surface area contributed by atoms with Crippen molar-refractivity contribution in [2.45, 2.75) is 64.5 Å². The van der Waals surface area contributed by atoms with Crippen molar-refractivity contribution >= 4 is 11.8 Å². The molecule has 0 bridgehead atoms. The summed E-state index contributed by atoms with van der Waals surface area (Å²) in [5.74, 6) is 0.793. The minimum absolute atomic E-state index is 0.0441. The zero-order valence-electron chi connectivity index (χ0n) is 11.4. The lowest BCUT2D eigenvalue weighted by Gasteiger charge is -2.42. The van der Waals surface area contributed by atoms with Gasteiger partial charge >= 0.3 is 0 Å². The molecule has 0 aromatic heterocycles. The van der Waals surface area contributed by atoms with Gasteiger partial charge in [-0.1, -0.05) is 26.7 Å². The largest absolute Gasteiger partial charge is 0.343 e. The third-order valence-corrected chi connectivity index (χ3v) is 4.23. The van der Waals surface area contributed by atoms with Crippen molar-refractivity contribution in [1.29, 1.82) is 0 Å². The molecule has 102 valence electrons. The highest BCUT2D eigenvalue weighted by atomic mass is 16.2. The molecule has 1 aliphatic heterocycles. The zero-order valence-corrected chi connectivity index (χ0v) is 11.4. The summed E-state index contributed by atoms with van der Waals surface area (Å²) in [6.07, 6.45) is 6.09. The van der Waals surface area contributed by atoms with Gasteiger partial charge < -0.3 is 10.2 Å². The first-order valence-corrected chi connectivity index (χ1v) is 7.28. The van der Waals surface area contributed by atoms with Gasteiger partial charge in [-0.15, -0.1) is 0 Å². The molecule has 1 aliphatic carbocycles. The number of hydrogen-bond donors (Lipinski definition) is 1. The van der Waals surface area contributed by atoms with Gasteiger partial charge in [-0.2, -0.15) is 0 Å². The summed E-state index contributed by atoms with van der Waals surface area (Å²) in [5, 5.41) is 2.86. The highest BCUT2D eigenvalue weighted by Crippen LogP contribution is 2.29. The van der Waals surface area contributed by atoms with Crippen molar-refractivity contribution in [3.8, 4) is 0 Å². The van der Waals surface area contributed by atoms with Crippen LogP contribution in [-0.2, 0) is 9.59 Å². The summed E-state index contributed by atoms with van der Waals surface area (Å²) in [6.45, 7) is 4.79. The third-order valence-electron chi connectivity index (χ3n) is 4.23. The molecule has 1 saturated heterocycles. The van der Waals surface area contributed by atoms with Gasteiger partial charge in [0.2, 0.25) is 11.8 Å². The Morgan fingerprint density at radius 3 is 2.50 bits per heavy atom. The first-order valence-electron chi connectivity index (χ1n) is 7.28. The number of amides is 2. The maximum Gasteiger partial charge on any atom is 0.245 e. The molecular weight excluding hydrogens is 228 g/mol. The van der Waals surface area contributed by atoms with Crippen molar-refractivity contribution < 1.29 is 9.59 Å². The standard InChI is InChI=1S/C14H24N2O2/c1-3-6-12-13(17)15-11(4-2)14(18)16(12)9-10-7-5-8-10/h10-12H,3-9H2,1-2H3,(H,15,17). The lowest BCUT2D eigenvalue weighted by molar-refractivity contribution is -0.150. The van der Waals surface area contributed by atoms with Gasteiger partial charge in [-0.3, -0.25) is 9.59 Å². The van der Waals surface area contributed by atoms with Crippen molar-refractivity contribution in [3.05, 3.63) is 0 Å². The van der Waals surface area contributed by atoms with E-state index in [0.29, 0.717) is 12.3 Å². The second-order valence-electron chi connectivity index (χ2n) is 5.56. The molecule has 18 heavy (non-hydrogen) atoms. The van der Waals surface area contributed by atoms with E-state index in [1.807, 2.05) is 11.8 Å². The molecule has 2 amide bonds.